The zero-order valence-corrected chi connectivity index (χ0v) is 12.5. The van der Waals surface area contributed by atoms with E-state index in [2.05, 4.69) is 20.7 Å². The first kappa shape index (κ1) is 15.2. The number of aromatic nitrogens is 3. The Labute approximate surface area is 124 Å². The Morgan fingerprint density at radius 3 is 2.86 bits per heavy atom. The third kappa shape index (κ3) is 4.39. The third-order valence-corrected chi connectivity index (χ3v) is 3.35. The van der Waals surface area contributed by atoms with Gasteiger partial charge >= 0.3 is 0 Å². The van der Waals surface area contributed by atoms with E-state index in [-0.39, 0.29) is 5.91 Å². The van der Waals surface area contributed by atoms with E-state index in [1.807, 2.05) is 32.3 Å². The number of nitrogens with one attached hydrogen (secondary N) is 2. The Kier molecular flexibility index (Phi) is 5.45. The molecule has 0 unspecified atom stereocenters. The summed E-state index contributed by atoms with van der Waals surface area (Å²) < 4.78 is 1.70. The molecule has 2 heterocycles. The van der Waals surface area contributed by atoms with Gasteiger partial charge in [-0.15, -0.1) is 0 Å². The van der Waals surface area contributed by atoms with Crippen LogP contribution >= 0.6 is 0 Å². The molecule has 0 aliphatic heterocycles. The zero-order valence-electron chi connectivity index (χ0n) is 12.5. The zero-order chi connectivity index (χ0) is 15.1. The summed E-state index contributed by atoms with van der Waals surface area (Å²) in [6.07, 6.45) is 6.09. The van der Waals surface area contributed by atoms with Crippen molar-refractivity contribution in [3.05, 3.63) is 47.5 Å². The monoisotopic (exact) mass is 287 g/mol. The summed E-state index contributed by atoms with van der Waals surface area (Å²) >= 11 is 0. The first-order valence-corrected chi connectivity index (χ1v) is 7.05. The van der Waals surface area contributed by atoms with Gasteiger partial charge in [-0.1, -0.05) is 6.07 Å². The molecule has 0 saturated carbocycles. The smallest absolute Gasteiger partial charge is 0.254 e. The molecular weight excluding hydrogens is 266 g/mol. The lowest BCUT2D eigenvalue weighted by molar-refractivity contribution is 0.0952. The van der Waals surface area contributed by atoms with Crippen molar-refractivity contribution in [2.75, 3.05) is 13.1 Å². The summed E-state index contributed by atoms with van der Waals surface area (Å²) in [7, 11) is 1.83. The van der Waals surface area contributed by atoms with E-state index in [0.29, 0.717) is 12.1 Å². The number of nitrogens with zero attached hydrogens (tertiary/aromatic N) is 3. The molecule has 0 fully saturated rings. The van der Waals surface area contributed by atoms with Crippen molar-refractivity contribution < 1.29 is 4.79 Å². The van der Waals surface area contributed by atoms with Crippen molar-refractivity contribution in [1.29, 1.82) is 0 Å². The van der Waals surface area contributed by atoms with Gasteiger partial charge in [0.05, 0.1) is 11.8 Å². The van der Waals surface area contributed by atoms with Crippen molar-refractivity contribution >= 4 is 5.91 Å². The minimum atomic E-state index is -0.0622. The van der Waals surface area contributed by atoms with Gasteiger partial charge in [0.15, 0.2) is 0 Å². The van der Waals surface area contributed by atoms with Crippen LogP contribution in [0.4, 0.5) is 0 Å². The second-order valence-electron chi connectivity index (χ2n) is 4.91. The molecule has 0 bridgehead atoms. The van der Waals surface area contributed by atoms with E-state index >= 15 is 0 Å². The molecule has 2 aromatic heterocycles. The van der Waals surface area contributed by atoms with Gasteiger partial charge < -0.3 is 10.6 Å². The quantitative estimate of drug-likeness (QED) is 0.746. The lowest BCUT2D eigenvalue weighted by Gasteiger charge is -2.06. The predicted molar refractivity (Wildman–Crippen MR) is 80.8 cm³/mol. The van der Waals surface area contributed by atoms with Crippen LogP contribution in [0.15, 0.2) is 30.7 Å². The second kappa shape index (κ2) is 7.54. The van der Waals surface area contributed by atoms with E-state index in [9.17, 15) is 4.79 Å². The maximum Gasteiger partial charge on any atom is 0.254 e. The van der Waals surface area contributed by atoms with Crippen LogP contribution < -0.4 is 10.6 Å². The Hall–Kier alpha value is -2.21. The van der Waals surface area contributed by atoms with Crippen molar-refractivity contribution in [3.8, 4) is 0 Å². The van der Waals surface area contributed by atoms with Crippen molar-refractivity contribution in [2.45, 2.75) is 19.9 Å². The minimum Gasteiger partial charge on any atom is -0.352 e. The number of pyridine rings is 1. The predicted octanol–water partition coefficient (Wildman–Crippen LogP) is 1.03. The third-order valence-electron chi connectivity index (χ3n) is 3.35. The van der Waals surface area contributed by atoms with Crippen LogP contribution in [0.2, 0.25) is 0 Å². The average molecular weight is 287 g/mol. The molecule has 0 aliphatic carbocycles. The van der Waals surface area contributed by atoms with Crippen LogP contribution in [0.25, 0.3) is 0 Å². The minimum absolute atomic E-state index is 0.0622. The van der Waals surface area contributed by atoms with Crippen LogP contribution in [0, 0.1) is 6.92 Å². The van der Waals surface area contributed by atoms with E-state index in [1.165, 1.54) is 0 Å². The fraction of sp³-hybridized carbons (Fsp3) is 0.400. The summed E-state index contributed by atoms with van der Waals surface area (Å²) in [5.41, 5.74) is 2.68. The summed E-state index contributed by atoms with van der Waals surface area (Å²) in [6.45, 7) is 4.18. The van der Waals surface area contributed by atoms with Gasteiger partial charge in [0.1, 0.15) is 0 Å². The highest BCUT2D eigenvalue weighted by atomic mass is 16.1. The topological polar surface area (TPSA) is 71.8 Å². The summed E-state index contributed by atoms with van der Waals surface area (Å²) in [6, 6.07) is 3.96. The molecule has 0 aliphatic rings. The maximum absolute atomic E-state index is 11.9. The Morgan fingerprint density at radius 2 is 2.19 bits per heavy atom. The Morgan fingerprint density at radius 1 is 1.33 bits per heavy atom. The standard InChI is InChI=1S/C15H21N5O/c1-12-14(11-19-20(12)2)15(21)18-8-4-7-17-10-13-5-3-6-16-9-13/h3,5-6,9,11,17H,4,7-8,10H2,1-2H3,(H,18,21). The summed E-state index contributed by atoms with van der Waals surface area (Å²) in [4.78, 5) is 16.0. The molecule has 0 spiro atoms. The van der Waals surface area contributed by atoms with Gasteiger partial charge in [0.25, 0.3) is 5.91 Å². The van der Waals surface area contributed by atoms with Crippen molar-refractivity contribution in [3.63, 3.8) is 0 Å². The molecule has 0 saturated heterocycles. The molecule has 2 rings (SSSR count). The molecular formula is C15H21N5O. The Bertz CT molecular complexity index is 579. The summed E-state index contributed by atoms with van der Waals surface area (Å²) in [5.74, 6) is -0.0622. The molecule has 2 aromatic rings. The maximum atomic E-state index is 11.9. The van der Waals surface area contributed by atoms with E-state index < -0.39 is 0 Å². The molecule has 6 heteroatoms. The molecule has 2 N–H and O–H groups in total. The lowest BCUT2D eigenvalue weighted by Crippen LogP contribution is -2.27. The van der Waals surface area contributed by atoms with Gasteiger partial charge in [0.2, 0.25) is 0 Å². The SMILES string of the molecule is Cc1c(C(=O)NCCCNCc2cccnc2)cnn1C. The van der Waals surface area contributed by atoms with Gasteiger partial charge in [-0.3, -0.25) is 14.5 Å². The van der Waals surface area contributed by atoms with Gasteiger partial charge in [-0.25, -0.2) is 0 Å². The number of amides is 1. The molecule has 0 aromatic carbocycles. The van der Waals surface area contributed by atoms with Crippen LogP contribution in [0.3, 0.4) is 0 Å². The highest BCUT2D eigenvalue weighted by Gasteiger charge is 2.11. The van der Waals surface area contributed by atoms with Crippen LogP contribution in [0.1, 0.15) is 28.0 Å². The largest absolute Gasteiger partial charge is 0.352 e. The normalized spacial score (nSPS) is 10.6. The number of hydrogen-bond acceptors (Lipinski definition) is 4. The number of carbonyl (C=O) groups excluding carboxylic acids is 1. The Balaban J connectivity index is 1.62. The van der Waals surface area contributed by atoms with Crippen LogP contribution in [0.5, 0.6) is 0 Å². The van der Waals surface area contributed by atoms with Gasteiger partial charge in [0, 0.05) is 38.2 Å². The fourth-order valence-electron chi connectivity index (χ4n) is 1.97. The number of hydrogen-bond donors (Lipinski definition) is 2. The van der Waals surface area contributed by atoms with E-state index in [4.69, 9.17) is 0 Å². The fourth-order valence-corrected chi connectivity index (χ4v) is 1.97. The first-order chi connectivity index (χ1) is 10.2. The first-order valence-electron chi connectivity index (χ1n) is 7.05. The molecule has 21 heavy (non-hydrogen) atoms. The van der Waals surface area contributed by atoms with Crippen molar-refractivity contribution in [1.82, 2.24) is 25.4 Å². The molecule has 0 radical (unpaired) electrons. The van der Waals surface area contributed by atoms with Crippen LogP contribution in [-0.2, 0) is 13.6 Å². The van der Waals surface area contributed by atoms with Gasteiger partial charge in [-0.05, 0) is 31.5 Å². The van der Waals surface area contributed by atoms with Crippen LogP contribution in [-0.4, -0.2) is 33.8 Å². The van der Waals surface area contributed by atoms with Gasteiger partial charge in [-0.2, -0.15) is 5.10 Å². The highest BCUT2D eigenvalue weighted by molar-refractivity contribution is 5.94. The number of carbonyl (C=O) groups is 1. The second-order valence-corrected chi connectivity index (χ2v) is 4.91. The van der Waals surface area contributed by atoms with Crippen molar-refractivity contribution in [2.24, 2.45) is 7.05 Å². The molecule has 112 valence electrons. The highest BCUT2D eigenvalue weighted by Crippen LogP contribution is 2.04. The number of aryl methyl sites for hydroxylation is 1. The average Bonchev–Trinajstić information content (AvgIpc) is 2.83. The molecule has 1 amide bonds. The van der Waals surface area contributed by atoms with E-state index in [0.717, 1.165) is 30.8 Å². The number of rotatable bonds is 7. The molecule has 0 atom stereocenters. The van der Waals surface area contributed by atoms with E-state index in [1.54, 1.807) is 17.1 Å². The summed E-state index contributed by atoms with van der Waals surface area (Å²) in [5, 5.41) is 10.3. The lowest BCUT2D eigenvalue weighted by atomic mass is 10.2. The molecule has 6 nitrogen and oxygen atoms in total.